The van der Waals surface area contributed by atoms with Crippen molar-refractivity contribution >= 4 is 21.6 Å². The summed E-state index contributed by atoms with van der Waals surface area (Å²) in [4.78, 5) is 13.6. The van der Waals surface area contributed by atoms with Gasteiger partial charge in [0.25, 0.3) is 0 Å². The van der Waals surface area contributed by atoms with Crippen molar-refractivity contribution in [2.45, 2.75) is 32.9 Å². The van der Waals surface area contributed by atoms with Crippen LogP contribution < -0.4 is 5.32 Å². The molecule has 30 heavy (non-hydrogen) atoms. The minimum absolute atomic E-state index is 0.00205. The van der Waals surface area contributed by atoms with Crippen LogP contribution in [-0.4, -0.2) is 55.8 Å². The van der Waals surface area contributed by atoms with Crippen molar-refractivity contribution in [3.8, 4) is 11.4 Å². The lowest BCUT2D eigenvalue weighted by molar-refractivity contribution is -0.117. The summed E-state index contributed by atoms with van der Waals surface area (Å²) in [6.45, 7) is 3.21. The van der Waals surface area contributed by atoms with Gasteiger partial charge >= 0.3 is 0 Å². The molecule has 3 aromatic rings. The van der Waals surface area contributed by atoms with Crippen LogP contribution in [0, 0.1) is 19.7 Å². The Balaban J connectivity index is 1.46. The normalized spacial score (nSPS) is 17.9. The van der Waals surface area contributed by atoms with Crippen LogP contribution in [0.2, 0.25) is 0 Å². The third kappa shape index (κ3) is 4.22. The number of halogens is 1. The summed E-state index contributed by atoms with van der Waals surface area (Å²) in [6, 6.07) is 5.85. The minimum atomic E-state index is -3.09. The number of carbonyl (C=O) groups excluding carboxylic acids is 1. The zero-order valence-electron chi connectivity index (χ0n) is 16.4. The van der Waals surface area contributed by atoms with Gasteiger partial charge in [-0.3, -0.25) is 4.79 Å². The first kappa shape index (κ1) is 20.1. The van der Waals surface area contributed by atoms with Gasteiger partial charge in [0.15, 0.2) is 9.84 Å². The Morgan fingerprint density at radius 2 is 2.07 bits per heavy atom. The van der Waals surface area contributed by atoms with Crippen molar-refractivity contribution < 1.29 is 17.6 Å². The van der Waals surface area contributed by atoms with Crippen LogP contribution in [0.5, 0.6) is 0 Å². The van der Waals surface area contributed by atoms with Crippen molar-refractivity contribution in [3.05, 3.63) is 41.3 Å². The lowest BCUT2D eigenvalue weighted by Crippen LogP contribution is -2.23. The second-order valence-electron chi connectivity index (χ2n) is 7.33. The number of nitrogens with one attached hydrogen (secondary N) is 1. The first-order valence-corrected chi connectivity index (χ1v) is 11.1. The molecule has 0 spiro atoms. The van der Waals surface area contributed by atoms with E-state index in [1.54, 1.807) is 36.7 Å². The second-order valence-corrected chi connectivity index (χ2v) is 9.56. The Morgan fingerprint density at radius 3 is 2.77 bits per heavy atom. The molecule has 12 heteroatoms. The highest BCUT2D eigenvalue weighted by Crippen LogP contribution is 2.27. The molecule has 4 rings (SSSR count). The zero-order valence-corrected chi connectivity index (χ0v) is 17.2. The van der Waals surface area contributed by atoms with Gasteiger partial charge in [-0.25, -0.2) is 17.5 Å². The highest BCUT2D eigenvalue weighted by atomic mass is 32.2. The van der Waals surface area contributed by atoms with Crippen molar-refractivity contribution in [1.29, 1.82) is 0 Å². The number of aryl methyl sites for hydroxylation is 2. The molecular formula is C18H20FN7O3S. The molecule has 1 N–H and O–H groups in total. The van der Waals surface area contributed by atoms with Gasteiger partial charge in [-0.1, -0.05) is 0 Å². The smallest absolute Gasteiger partial charge is 0.249 e. The average molecular weight is 433 g/mol. The van der Waals surface area contributed by atoms with E-state index in [4.69, 9.17) is 0 Å². The maximum absolute atomic E-state index is 13.4. The number of nitrogens with zero attached hydrogens (tertiary/aromatic N) is 6. The van der Waals surface area contributed by atoms with Gasteiger partial charge in [0.2, 0.25) is 11.7 Å². The van der Waals surface area contributed by atoms with E-state index < -0.39 is 15.7 Å². The van der Waals surface area contributed by atoms with Crippen LogP contribution in [0.3, 0.4) is 0 Å². The predicted molar refractivity (Wildman–Crippen MR) is 106 cm³/mol. The molecule has 0 radical (unpaired) electrons. The molecule has 1 aliphatic heterocycles. The van der Waals surface area contributed by atoms with E-state index in [-0.39, 0.29) is 35.7 Å². The van der Waals surface area contributed by atoms with Crippen LogP contribution in [0.15, 0.2) is 24.3 Å². The monoisotopic (exact) mass is 433 g/mol. The maximum atomic E-state index is 13.4. The topological polar surface area (TPSA) is 125 Å². The van der Waals surface area contributed by atoms with E-state index in [2.05, 4.69) is 25.8 Å². The number of rotatable bonds is 5. The van der Waals surface area contributed by atoms with Crippen LogP contribution in [0.1, 0.15) is 23.7 Å². The summed E-state index contributed by atoms with van der Waals surface area (Å²) in [5.41, 5.74) is 1.72. The lowest BCUT2D eigenvalue weighted by atomic mass is 10.1. The molecule has 3 heterocycles. The Bertz CT molecular complexity index is 1220. The SMILES string of the molecule is Cc1cc(NC(=O)Cn2nnc(-c3ccc(F)c(C)c3)n2)n(C2CCS(=O)(=O)C2)n1. The summed E-state index contributed by atoms with van der Waals surface area (Å²) in [6.07, 6.45) is 0.456. The van der Waals surface area contributed by atoms with E-state index in [0.717, 1.165) is 4.80 Å². The highest BCUT2D eigenvalue weighted by Gasteiger charge is 2.31. The van der Waals surface area contributed by atoms with E-state index in [0.29, 0.717) is 29.1 Å². The highest BCUT2D eigenvalue weighted by molar-refractivity contribution is 7.91. The summed E-state index contributed by atoms with van der Waals surface area (Å²) in [5, 5.41) is 19.0. The van der Waals surface area contributed by atoms with Crippen LogP contribution in [0.25, 0.3) is 11.4 Å². The van der Waals surface area contributed by atoms with Gasteiger partial charge in [0, 0.05) is 11.6 Å². The largest absolute Gasteiger partial charge is 0.309 e. The quantitative estimate of drug-likeness (QED) is 0.643. The number of amides is 1. The molecule has 1 amide bonds. The number of benzene rings is 1. The Hall–Kier alpha value is -3.15. The van der Waals surface area contributed by atoms with Gasteiger partial charge in [-0.05, 0) is 49.2 Å². The van der Waals surface area contributed by atoms with Crippen molar-refractivity contribution in [2.24, 2.45) is 0 Å². The Kier molecular flexibility index (Phi) is 5.10. The molecule has 1 fully saturated rings. The molecule has 158 valence electrons. The molecule has 10 nitrogen and oxygen atoms in total. The number of hydrogen-bond donors (Lipinski definition) is 1. The summed E-state index contributed by atoms with van der Waals surface area (Å²) >= 11 is 0. The summed E-state index contributed by atoms with van der Waals surface area (Å²) < 4.78 is 38.5. The van der Waals surface area contributed by atoms with Gasteiger partial charge < -0.3 is 5.32 Å². The molecule has 2 aromatic heterocycles. The number of sulfone groups is 1. The number of tetrazole rings is 1. The predicted octanol–water partition coefficient (Wildman–Crippen LogP) is 1.29. The van der Waals surface area contributed by atoms with Crippen LogP contribution >= 0.6 is 0 Å². The van der Waals surface area contributed by atoms with Crippen molar-refractivity contribution in [1.82, 2.24) is 30.0 Å². The standard InChI is InChI=1S/C18H20FN7O3S/c1-11-7-13(3-4-15(11)19)18-21-24-25(23-18)9-17(27)20-16-8-12(2)22-26(16)14-5-6-30(28,29)10-14/h3-4,7-8,14H,5-6,9-10H2,1-2H3,(H,20,27). The van der Waals surface area contributed by atoms with Crippen LogP contribution in [0.4, 0.5) is 10.2 Å². The lowest BCUT2D eigenvalue weighted by Gasteiger charge is -2.13. The molecule has 0 aliphatic carbocycles. The third-order valence-electron chi connectivity index (χ3n) is 4.83. The first-order valence-electron chi connectivity index (χ1n) is 9.31. The number of carbonyl (C=O) groups is 1. The Labute approximate surface area is 172 Å². The molecule has 1 unspecified atom stereocenters. The van der Waals surface area contributed by atoms with E-state index in [1.165, 1.54) is 6.07 Å². The number of hydrogen-bond acceptors (Lipinski definition) is 7. The maximum Gasteiger partial charge on any atom is 0.249 e. The van der Waals surface area contributed by atoms with Gasteiger partial charge in [0.05, 0.1) is 23.2 Å². The zero-order chi connectivity index (χ0) is 21.5. The van der Waals surface area contributed by atoms with Gasteiger partial charge in [-0.2, -0.15) is 9.90 Å². The molecular weight excluding hydrogens is 413 g/mol. The van der Waals surface area contributed by atoms with Gasteiger partial charge in [-0.15, -0.1) is 10.2 Å². The first-order chi connectivity index (χ1) is 14.2. The fourth-order valence-corrected chi connectivity index (χ4v) is 5.07. The molecule has 0 saturated carbocycles. The van der Waals surface area contributed by atoms with E-state index >= 15 is 0 Å². The minimum Gasteiger partial charge on any atom is -0.309 e. The molecule has 1 aromatic carbocycles. The van der Waals surface area contributed by atoms with Crippen molar-refractivity contribution in [3.63, 3.8) is 0 Å². The second kappa shape index (κ2) is 7.59. The molecule has 1 saturated heterocycles. The van der Waals surface area contributed by atoms with Crippen molar-refractivity contribution in [2.75, 3.05) is 16.8 Å². The Morgan fingerprint density at radius 1 is 1.27 bits per heavy atom. The molecule has 1 atom stereocenters. The van der Waals surface area contributed by atoms with Gasteiger partial charge in [0.1, 0.15) is 18.2 Å². The fraction of sp³-hybridized carbons (Fsp3) is 0.389. The summed E-state index contributed by atoms with van der Waals surface area (Å²) in [7, 11) is -3.09. The van der Waals surface area contributed by atoms with Crippen LogP contribution in [-0.2, 0) is 21.2 Å². The van der Waals surface area contributed by atoms with E-state index in [9.17, 15) is 17.6 Å². The molecule has 0 bridgehead atoms. The number of anilines is 1. The fourth-order valence-electron chi connectivity index (χ4n) is 3.38. The molecule has 1 aliphatic rings. The average Bonchev–Trinajstić information content (AvgIpc) is 3.36. The third-order valence-corrected chi connectivity index (χ3v) is 6.58. The van der Waals surface area contributed by atoms with E-state index in [1.807, 2.05) is 0 Å². The number of aromatic nitrogens is 6. The summed E-state index contributed by atoms with van der Waals surface area (Å²) in [5.74, 6) is 0.0846.